The number of ether oxygens (including phenoxy) is 1. The highest BCUT2D eigenvalue weighted by Crippen LogP contribution is 2.26. The Morgan fingerprint density at radius 1 is 1.15 bits per heavy atom. The fraction of sp³-hybridized carbons (Fsp3) is 0.933. The molecule has 1 aliphatic carbocycles. The zero-order valence-corrected chi connectivity index (χ0v) is 12.3. The molecule has 0 aromatic carbocycles. The maximum absolute atomic E-state index is 12.4. The first kappa shape index (κ1) is 14.3. The average molecular weight is 281 g/mol. The van der Waals surface area contributed by atoms with E-state index in [0.29, 0.717) is 12.0 Å². The second kappa shape index (κ2) is 6.41. The predicted molar refractivity (Wildman–Crippen MR) is 77.3 cm³/mol. The summed E-state index contributed by atoms with van der Waals surface area (Å²) in [5.41, 5.74) is 5.91. The van der Waals surface area contributed by atoms with E-state index in [1.807, 2.05) is 0 Å². The monoisotopic (exact) mass is 281 g/mol. The van der Waals surface area contributed by atoms with Crippen molar-refractivity contribution < 1.29 is 9.53 Å². The minimum absolute atomic E-state index is 0.190. The third kappa shape index (κ3) is 3.32. The Balaban J connectivity index is 1.42. The van der Waals surface area contributed by atoms with Gasteiger partial charge in [0.1, 0.15) is 0 Å². The van der Waals surface area contributed by atoms with E-state index >= 15 is 0 Å². The van der Waals surface area contributed by atoms with Gasteiger partial charge in [-0.05, 0) is 32.1 Å². The van der Waals surface area contributed by atoms with Crippen molar-refractivity contribution in [2.24, 2.45) is 11.7 Å². The number of rotatable bonds is 3. The number of nitrogens with two attached hydrogens (primary N) is 1. The SMILES string of the molecule is NC1CCC(C(=O)N2CCN(CC3CCCO3)CC2)C1. The van der Waals surface area contributed by atoms with Crippen molar-refractivity contribution in [2.45, 2.75) is 44.2 Å². The Morgan fingerprint density at radius 3 is 2.55 bits per heavy atom. The second-order valence-electron chi connectivity index (χ2n) is 6.53. The largest absolute Gasteiger partial charge is 0.377 e. The van der Waals surface area contributed by atoms with Crippen molar-refractivity contribution in [1.29, 1.82) is 0 Å². The molecule has 0 radical (unpaired) electrons. The Labute approximate surface area is 121 Å². The molecular formula is C15H27N3O2. The average Bonchev–Trinajstić information content (AvgIpc) is 3.10. The number of carbonyl (C=O) groups excluding carboxylic acids is 1. The van der Waals surface area contributed by atoms with Crippen LogP contribution in [0.25, 0.3) is 0 Å². The first-order chi connectivity index (χ1) is 9.72. The van der Waals surface area contributed by atoms with Crippen molar-refractivity contribution >= 4 is 5.91 Å². The first-order valence-corrected chi connectivity index (χ1v) is 8.10. The highest BCUT2D eigenvalue weighted by atomic mass is 16.5. The maximum Gasteiger partial charge on any atom is 0.225 e. The van der Waals surface area contributed by atoms with Crippen LogP contribution in [0.3, 0.4) is 0 Å². The summed E-state index contributed by atoms with van der Waals surface area (Å²) < 4.78 is 5.69. The molecule has 3 aliphatic rings. The molecule has 2 N–H and O–H groups in total. The summed E-state index contributed by atoms with van der Waals surface area (Å²) in [7, 11) is 0. The van der Waals surface area contributed by atoms with Gasteiger partial charge in [0.15, 0.2) is 0 Å². The third-order valence-corrected chi connectivity index (χ3v) is 4.99. The van der Waals surface area contributed by atoms with Crippen LogP contribution in [0.2, 0.25) is 0 Å². The molecule has 3 rings (SSSR count). The highest BCUT2D eigenvalue weighted by molar-refractivity contribution is 5.79. The van der Waals surface area contributed by atoms with E-state index < -0.39 is 0 Å². The van der Waals surface area contributed by atoms with Gasteiger partial charge in [0.2, 0.25) is 5.91 Å². The Bertz CT molecular complexity index is 336. The van der Waals surface area contributed by atoms with Crippen molar-refractivity contribution in [3.63, 3.8) is 0 Å². The zero-order chi connectivity index (χ0) is 13.9. The molecule has 114 valence electrons. The van der Waals surface area contributed by atoms with Crippen LogP contribution < -0.4 is 5.73 Å². The van der Waals surface area contributed by atoms with E-state index in [4.69, 9.17) is 10.5 Å². The standard InChI is InChI=1S/C15H27N3O2/c16-13-4-3-12(10-13)15(19)18-7-5-17(6-8-18)11-14-2-1-9-20-14/h12-14H,1-11,16H2. The van der Waals surface area contributed by atoms with E-state index in [-0.39, 0.29) is 12.0 Å². The Morgan fingerprint density at radius 2 is 1.95 bits per heavy atom. The lowest BCUT2D eigenvalue weighted by Gasteiger charge is -2.36. The van der Waals surface area contributed by atoms with Crippen molar-refractivity contribution in [2.75, 3.05) is 39.3 Å². The van der Waals surface area contributed by atoms with Gasteiger partial charge in [0.25, 0.3) is 0 Å². The quantitative estimate of drug-likeness (QED) is 0.815. The summed E-state index contributed by atoms with van der Waals surface area (Å²) in [4.78, 5) is 16.9. The molecule has 0 spiro atoms. The van der Waals surface area contributed by atoms with Gasteiger partial charge in [0.05, 0.1) is 6.10 Å². The van der Waals surface area contributed by atoms with Gasteiger partial charge in [0, 0.05) is 51.3 Å². The normalized spacial score (nSPS) is 35.6. The molecule has 0 aromatic heterocycles. The van der Waals surface area contributed by atoms with E-state index in [9.17, 15) is 4.79 Å². The van der Waals surface area contributed by atoms with Gasteiger partial charge in [-0.2, -0.15) is 0 Å². The van der Waals surface area contributed by atoms with Gasteiger partial charge < -0.3 is 15.4 Å². The van der Waals surface area contributed by atoms with E-state index in [2.05, 4.69) is 9.80 Å². The molecule has 1 saturated carbocycles. The molecule has 3 fully saturated rings. The van der Waals surface area contributed by atoms with Crippen LogP contribution in [-0.2, 0) is 9.53 Å². The van der Waals surface area contributed by atoms with Crippen molar-refractivity contribution in [3.8, 4) is 0 Å². The van der Waals surface area contributed by atoms with E-state index in [0.717, 1.165) is 58.6 Å². The highest BCUT2D eigenvalue weighted by Gasteiger charge is 2.32. The van der Waals surface area contributed by atoms with E-state index in [1.165, 1.54) is 12.8 Å². The molecule has 2 aliphatic heterocycles. The molecule has 3 atom stereocenters. The molecule has 3 unspecified atom stereocenters. The molecule has 2 heterocycles. The summed E-state index contributed by atoms with van der Waals surface area (Å²) in [6.07, 6.45) is 5.69. The Hall–Kier alpha value is -0.650. The predicted octanol–water partition coefficient (Wildman–Crippen LogP) is 0.437. The molecule has 2 saturated heterocycles. The van der Waals surface area contributed by atoms with Gasteiger partial charge >= 0.3 is 0 Å². The summed E-state index contributed by atoms with van der Waals surface area (Å²) in [5.74, 6) is 0.532. The number of carbonyl (C=O) groups is 1. The number of nitrogens with zero attached hydrogens (tertiary/aromatic N) is 2. The smallest absolute Gasteiger partial charge is 0.225 e. The van der Waals surface area contributed by atoms with Crippen LogP contribution >= 0.6 is 0 Å². The number of amides is 1. The molecule has 0 aromatic rings. The lowest BCUT2D eigenvalue weighted by atomic mass is 10.1. The Kier molecular flexibility index (Phi) is 4.58. The summed E-state index contributed by atoms with van der Waals surface area (Å²) >= 11 is 0. The molecule has 5 nitrogen and oxygen atoms in total. The van der Waals surface area contributed by atoms with Crippen LogP contribution in [0.1, 0.15) is 32.1 Å². The minimum Gasteiger partial charge on any atom is -0.377 e. The first-order valence-electron chi connectivity index (χ1n) is 8.10. The number of hydrogen-bond acceptors (Lipinski definition) is 4. The minimum atomic E-state index is 0.190. The number of piperazine rings is 1. The fourth-order valence-corrected chi connectivity index (χ4v) is 3.73. The van der Waals surface area contributed by atoms with Crippen LogP contribution in [0, 0.1) is 5.92 Å². The molecule has 5 heteroatoms. The maximum atomic E-state index is 12.4. The number of hydrogen-bond donors (Lipinski definition) is 1. The van der Waals surface area contributed by atoms with Crippen LogP contribution in [0.4, 0.5) is 0 Å². The van der Waals surface area contributed by atoms with Crippen LogP contribution in [0.5, 0.6) is 0 Å². The molecule has 1 amide bonds. The third-order valence-electron chi connectivity index (χ3n) is 4.99. The van der Waals surface area contributed by atoms with Gasteiger partial charge in [-0.1, -0.05) is 0 Å². The van der Waals surface area contributed by atoms with Gasteiger partial charge in [-0.25, -0.2) is 0 Å². The lowest BCUT2D eigenvalue weighted by Crippen LogP contribution is -2.51. The molecule has 20 heavy (non-hydrogen) atoms. The van der Waals surface area contributed by atoms with Crippen LogP contribution in [-0.4, -0.2) is 67.2 Å². The summed E-state index contributed by atoms with van der Waals surface area (Å²) in [6.45, 7) is 5.69. The lowest BCUT2D eigenvalue weighted by molar-refractivity contribution is -0.137. The summed E-state index contributed by atoms with van der Waals surface area (Å²) in [5, 5.41) is 0. The molecular weight excluding hydrogens is 254 g/mol. The summed E-state index contributed by atoms with van der Waals surface area (Å²) in [6, 6.07) is 0.241. The van der Waals surface area contributed by atoms with Gasteiger partial charge in [-0.15, -0.1) is 0 Å². The van der Waals surface area contributed by atoms with Crippen molar-refractivity contribution in [3.05, 3.63) is 0 Å². The van der Waals surface area contributed by atoms with E-state index in [1.54, 1.807) is 0 Å². The topological polar surface area (TPSA) is 58.8 Å². The fourth-order valence-electron chi connectivity index (χ4n) is 3.73. The second-order valence-corrected chi connectivity index (χ2v) is 6.53. The van der Waals surface area contributed by atoms with Crippen molar-refractivity contribution in [1.82, 2.24) is 9.80 Å². The van der Waals surface area contributed by atoms with Crippen LogP contribution in [0.15, 0.2) is 0 Å². The van der Waals surface area contributed by atoms with Gasteiger partial charge in [-0.3, -0.25) is 9.69 Å². The zero-order valence-electron chi connectivity index (χ0n) is 12.3. The molecule has 0 bridgehead atoms.